The molecule has 2 N–H and O–H groups in total. The number of alkyl carbamates (subject to hydrolysis) is 1. The van der Waals surface area contributed by atoms with Crippen molar-refractivity contribution in [2.45, 2.75) is 75.8 Å². The van der Waals surface area contributed by atoms with E-state index in [0.717, 1.165) is 19.4 Å². The van der Waals surface area contributed by atoms with E-state index in [-0.39, 0.29) is 11.6 Å². The number of ether oxygens (including phenoxy) is 1. The summed E-state index contributed by atoms with van der Waals surface area (Å²) in [4.78, 5) is 12.0. The van der Waals surface area contributed by atoms with Crippen molar-refractivity contribution in [1.29, 1.82) is 0 Å². The fourth-order valence-corrected chi connectivity index (χ4v) is 4.02. The zero-order valence-corrected chi connectivity index (χ0v) is 13.9. The molecule has 0 aromatic rings. The lowest BCUT2D eigenvalue weighted by molar-refractivity contribution is 0.0379. The Labute approximate surface area is 126 Å². The van der Waals surface area contributed by atoms with Crippen LogP contribution in [-0.4, -0.2) is 40.8 Å². The van der Waals surface area contributed by atoms with Crippen molar-refractivity contribution in [1.82, 2.24) is 10.6 Å². The Morgan fingerprint density at radius 1 is 1.40 bits per heavy atom. The van der Waals surface area contributed by atoms with Gasteiger partial charge in [-0.3, -0.25) is 0 Å². The number of nitrogens with one attached hydrogen (secondary N) is 2. The molecule has 0 bridgehead atoms. The molecular formula is C15H28N2O2S. The molecule has 0 aromatic heterocycles. The van der Waals surface area contributed by atoms with Crippen LogP contribution in [0, 0.1) is 0 Å². The molecule has 2 unspecified atom stereocenters. The Morgan fingerprint density at radius 3 is 2.55 bits per heavy atom. The Bertz CT molecular complexity index is 350. The molecule has 4 nitrogen and oxygen atoms in total. The van der Waals surface area contributed by atoms with Crippen LogP contribution >= 0.6 is 11.8 Å². The van der Waals surface area contributed by atoms with Gasteiger partial charge in [-0.1, -0.05) is 6.92 Å². The molecule has 0 spiro atoms. The van der Waals surface area contributed by atoms with Crippen molar-refractivity contribution in [3.8, 4) is 0 Å². The average Bonchev–Trinajstić information content (AvgIpc) is 2.65. The van der Waals surface area contributed by atoms with E-state index in [1.54, 1.807) is 0 Å². The molecule has 2 aliphatic rings. The minimum absolute atomic E-state index is 0.0880. The minimum Gasteiger partial charge on any atom is -0.444 e. The average molecular weight is 300 g/mol. The molecule has 1 heterocycles. The topological polar surface area (TPSA) is 50.4 Å². The summed E-state index contributed by atoms with van der Waals surface area (Å²) in [5.41, 5.74) is -0.519. The first-order chi connectivity index (χ1) is 9.30. The maximum atomic E-state index is 12.0. The lowest BCUT2D eigenvalue weighted by Gasteiger charge is -2.43. The molecule has 1 saturated carbocycles. The van der Waals surface area contributed by atoms with Gasteiger partial charge >= 0.3 is 6.09 Å². The Morgan fingerprint density at radius 2 is 2.10 bits per heavy atom. The van der Waals surface area contributed by atoms with Crippen LogP contribution in [0.1, 0.15) is 53.4 Å². The number of rotatable bonds is 4. The van der Waals surface area contributed by atoms with Gasteiger partial charge in [0.05, 0.1) is 5.54 Å². The van der Waals surface area contributed by atoms with Gasteiger partial charge in [-0.05, 0) is 52.2 Å². The molecular weight excluding hydrogens is 272 g/mol. The van der Waals surface area contributed by atoms with Crippen molar-refractivity contribution >= 4 is 17.9 Å². The van der Waals surface area contributed by atoms with Crippen LogP contribution in [0.5, 0.6) is 0 Å². The second-order valence-electron chi connectivity index (χ2n) is 7.11. The van der Waals surface area contributed by atoms with Gasteiger partial charge in [0.15, 0.2) is 0 Å². The molecule has 2 rings (SSSR count). The highest BCUT2D eigenvalue weighted by molar-refractivity contribution is 8.00. The van der Waals surface area contributed by atoms with Gasteiger partial charge in [-0.2, -0.15) is 11.8 Å². The van der Waals surface area contributed by atoms with Crippen LogP contribution in [0.15, 0.2) is 0 Å². The predicted molar refractivity (Wildman–Crippen MR) is 84.3 cm³/mol. The maximum absolute atomic E-state index is 12.0. The molecule has 1 saturated heterocycles. The predicted octanol–water partition coefficient (Wildman–Crippen LogP) is 2.92. The van der Waals surface area contributed by atoms with Crippen molar-refractivity contribution in [3.63, 3.8) is 0 Å². The van der Waals surface area contributed by atoms with E-state index in [0.29, 0.717) is 11.3 Å². The third-order valence-electron chi connectivity index (χ3n) is 4.16. The van der Waals surface area contributed by atoms with Crippen molar-refractivity contribution in [2.24, 2.45) is 0 Å². The van der Waals surface area contributed by atoms with Crippen LogP contribution in [0.4, 0.5) is 4.79 Å². The van der Waals surface area contributed by atoms with Crippen LogP contribution in [0.2, 0.25) is 0 Å². The molecule has 1 aliphatic carbocycles. The minimum atomic E-state index is -0.431. The highest BCUT2D eigenvalue weighted by atomic mass is 32.2. The summed E-state index contributed by atoms with van der Waals surface area (Å²) in [6.45, 7) is 8.84. The number of carbonyl (C=O) groups is 1. The summed E-state index contributed by atoms with van der Waals surface area (Å²) < 4.78 is 5.38. The molecule has 116 valence electrons. The number of carbonyl (C=O) groups excluding carboxylic acids is 1. The SMILES string of the molecule is CC1SCCC1NCC1(NC(=O)OC(C)(C)C)CCC1. The van der Waals surface area contributed by atoms with Crippen LogP contribution in [0.3, 0.4) is 0 Å². The molecule has 0 aromatic carbocycles. The molecule has 2 fully saturated rings. The Balaban J connectivity index is 1.81. The van der Waals surface area contributed by atoms with Crippen molar-refractivity contribution < 1.29 is 9.53 Å². The van der Waals surface area contributed by atoms with Crippen molar-refractivity contribution in [2.75, 3.05) is 12.3 Å². The fraction of sp³-hybridized carbons (Fsp3) is 0.933. The van der Waals surface area contributed by atoms with Gasteiger partial charge in [0.25, 0.3) is 0 Å². The van der Waals surface area contributed by atoms with E-state index < -0.39 is 5.60 Å². The van der Waals surface area contributed by atoms with Gasteiger partial charge in [0, 0.05) is 17.8 Å². The lowest BCUT2D eigenvalue weighted by Crippen LogP contribution is -2.61. The van der Waals surface area contributed by atoms with Gasteiger partial charge in [-0.25, -0.2) is 4.79 Å². The highest BCUT2D eigenvalue weighted by Gasteiger charge is 2.40. The zero-order valence-electron chi connectivity index (χ0n) is 13.1. The number of thioether (sulfide) groups is 1. The largest absolute Gasteiger partial charge is 0.444 e. The smallest absolute Gasteiger partial charge is 0.408 e. The van der Waals surface area contributed by atoms with Crippen LogP contribution in [0.25, 0.3) is 0 Å². The summed E-state index contributed by atoms with van der Waals surface area (Å²) in [6, 6.07) is 0.581. The highest BCUT2D eigenvalue weighted by Crippen LogP contribution is 2.33. The molecule has 2 atom stereocenters. The third-order valence-corrected chi connectivity index (χ3v) is 5.48. The van der Waals surface area contributed by atoms with Gasteiger partial charge in [0.2, 0.25) is 0 Å². The van der Waals surface area contributed by atoms with Crippen LogP contribution in [-0.2, 0) is 4.74 Å². The first kappa shape index (κ1) is 16.0. The van der Waals surface area contributed by atoms with Gasteiger partial charge in [0.1, 0.15) is 5.60 Å². The Kier molecular flexibility index (Phi) is 4.90. The van der Waals surface area contributed by atoms with E-state index in [9.17, 15) is 4.79 Å². The van der Waals surface area contributed by atoms with E-state index >= 15 is 0 Å². The van der Waals surface area contributed by atoms with Gasteiger partial charge in [-0.15, -0.1) is 0 Å². The quantitative estimate of drug-likeness (QED) is 0.838. The summed E-state index contributed by atoms with van der Waals surface area (Å²) in [6.07, 6.45) is 4.23. The van der Waals surface area contributed by atoms with E-state index in [1.165, 1.54) is 18.6 Å². The van der Waals surface area contributed by atoms with Gasteiger partial charge < -0.3 is 15.4 Å². The summed E-state index contributed by atoms with van der Waals surface area (Å²) >= 11 is 2.03. The first-order valence-corrected chi connectivity index (χ1v) is 8.71. The molecule has 1 aliphatic heterocycles. The lowest BCUT2D eigenvalue weighted by atomic mass is 9.76. The summed E-state index contributed by atoms with van der Waals surface area (Å²) in [5.74, 6) is 1.24. The second-order valence-corrected chi connectivity index (χ2v) is 8.60. The second kappa shape index (κ2) is 6.14. The van der Waals surface area contributed by atoms with E-state index in [4.69, 9.17) is 4.74 Å². The number of amides is 1. The summed E-state index contributed by atoms with van der Waals surface area (Å²) in [5, 5.41) is 7.42. The zero-order chi connectivity index (χ0) is 14.8. The standard InChI is InChI=1S/C15H28N2O2S/c1-11-12(6-9-20-11)16-10-15(7-5-8-15)17-13(18)19-14(2,3)4/h11-12,16H,5-10H2,1-4H3,(H,17,18). The molecule has 20 heavy (non-hydrogen) atoms. The number of hydrogen-bond donors (Lipinski definition) is 2. The molecule has 5 heteroatoms. The van der Waals surface area contributed by atoms with E-state index in [2.05, 4.69) is 17.6 Å². The molecule has 0 radical (unpaired) electrons. The number of hydrogen-bond acceptors (Lipinski definition) is 4. The molecule has 1 amide bonds. The van der Waals surface area contributed by atoms with E-state index in [1.807, 2.05) is 32.5 Å². The summed E-state index contributed by atoms with van der Waals surface area (Å²) in [7, 11) is 0. The fourth-order valence-electron chi connectivity index (χ4n) is 2.80. The normalized spacial score (nSPS) is 28.8. The first-order valence-electron chi connectivity index (χ1n) is 7.66. The third kappa shape index (κ3) is 4.29. The maximum Gasteiger partial charge on any atom is 0.408 e. The van der Waals surface area contributed by atoms with Crippen molar-refractivity contribution in [3.05, 3.63) is 0 Å². The monoisotopic (exact) mass is 300 g/mol. The van der Waals surface area contributed by atoms with Crippen LogP contribution < -0.4 is 10.6 Å². The Hall–Kier alpha value is -0.420.